The number of ether oxygens (including phenoxy) is 2. The Hall–Kier alpha value is -2.30. The van der Waals surface area contributed by atoms with Crippen LogP contribution >= 0.6 is 0 Å². The van der Waals surface area contributed by atoms with Crippen molar-refractivity contribution in [2.45, 2.75) is 20.0 Å². The van der Waals surface area contributed by atoms with E-state index in [1.807, 2.05) is 38.1 Å². The number of methoxy groups -OCH3 is 1. The van der Waals surface area contributed by atoms with Crippen LogP contribution in [0.5, 0.6) is 11.5 Å². The highest BCUT2D eigenvalue weighted by atomic mass is 16.5. The zero-order valence-corrected chi connectivity index (χ0v) is 11.3. The normalized spacial score (nSPS) is 10.5. The molecule has 19 heavy (non-hydrogen) atoms. The van der Waals surface area contributed by atoms with Gasteiger partial charge in [0.05, 0.1) is 18.9 Å². The van der Waals surface area contributed by atoms with Gasteiger partial charge in [-0.1, -0.05) is 0 Å². The van der Waals surface area contributed by atoms with Gasteiger partial charge < -0.3 is 15.2 Å². The second-order valence-electron chi connectivity index (χ2n) is 4.38. The fourth-order valence-corrected chi connectivity index (χ4v) is 1.67. The highest BCUT2D eigenvalue weighted by Gasteiger charge is 2.09. The largest absolute Gasteiger partial charge is 0.493 e. The standard InChI is InChI=1S/C14H17N3O2/c1-9(2)19-12-6-4-10(8-13(12)18-3)11-5-7-14(15)17-16-11/h4-9H,1-3H3,(H2,15,17). The molecule has 0 aliphatic carbocycles. The van der Waals surface area contributed by atoms with Crippen molar-refractivity contribution < 1.29 is 9.47 Å². The van der Waals surface area contributed by atoms with Crippen molar-refractivity contribution >= 4 is 5.82 Å². The van der Waals surface area contributed by atoms with Gasteiger partial charge in [0.2, 0.25) is 0 Å². The van der Waals surface area contributed by atoms with Crippen LogP contribution in [0.1, 0.15) is 13.8 Å². The Labute approximate surface area is 112 Å². The lowest BCUT2D eigenvalue weighted by Gasteiger charge is -2.14. The van der Waals surface area contributed by atoms with Gasteiger partial charge >= 0.3 is 0 Å². The maximum atomic E-state index is 5.67. The monoisotopic (exact) mass is 259 g/mol. The van der Waals surface area contributed by atoms with Gasteiger partial charge in [0.25, 0.3) is 0 Å². The predicted molar refractivity (Wildman–Crippen MR) is 74.2 cm³/mol. The molecule has 0 radical (unpaired) electrons. The number of rotatable bonds is 4. The number of hydrogen-bond donors (Lipinski definition) is 1. The van der Waals surface area contributed by atoms with Crippen molar-refractivity contribution in [2.75, 3.05) is 12.8 Å². The Morgan fingerprint density at radius 3 is 2.42 bits per heavy atom. The Morgan fingerprint density at radius 2 is 1.84 bits per heavy atom. The fraction of sp³-hybridized carbons (Fsp3) is 0.286. The molecule has 5 heteroatoms. The number of nitrogens with zero attached hydrogens (tertiary/aromatic N) is 2. The van der Waals surface area contributed by atoms with E-state index < -0.39 is 0 Å². The first-order chi connectivity index (χ1) is 9.10. The summed E-state index contributed by atoms with van der Waals surface area (Å²) in [7, 11) is 1.61. The lowest BCUT2D eigenvalue weighted by Crippen LogP contribution is -2.06. The highest BCUT2D eigenvalue weighted by molar-refractivity contribution is 5.64. The number of hydrogen-bond acceptors (Lipinski definition) is 5. The van der Waals surface area contributed by atoms with Crippen molar-refractivity contribution in [1.29, 1.82) is 0 Å². The molecular weight excluding hydrogens is 242 g/mol. The van der Waals surface area contributed by atoms with Crippen LogP contribution < -0.4 is 15.2 Å². The third kappa shape index (κ3) is 3.13. The summed E-state index contributed by atoms with van der Waals surface area (Å²) in [5, 5.41) is 7.88. The number of anilines is 1. The van der Waals surface area contributed by atoms with E-state index in [2.05, 4.69) is 10.2 Å². The lowest BCUT2D eigenvalue weighted by molar-refractivity contribution is 0.230. The second-order valence-corrected chi connectivity index (χ2v) is 4.38. The minimum absolute atomic E-state index is 0.0936. The smallest absolute Gasteiger partial charge is 0.161 e. The van der Waals surface area contributed by atoms with E-state index in [-0.39, 0.29) is 6.10 Å². The molecule has 0 saturated carbocycles. The molecule has 0 spiro atoms. The first-order valence-electron chi connectivity index (χ1n) is 6.04. The second kappa shape index (κ2) is 5.56. The summed E-state index contributed by atoms with van der Waals surface area (Å²) < 4.78 is 11.0. The zero-order chi connectivity index (χ0) is 13.8. The molecule has 100 valence electrons. The van der Waals surface area contributed by atoms with Gasteiger partial charge in [-0.25, -0.2) is 0 Å². The molecule has 1 aromatic heterocycles. The Morgan fingerprint density at radius 1 is 1.05 bits per heavy atom. The van der Waals surface area contributed by atoms with Crippen LogP contribution in [-0.4, -0.2) is 23.4 Å². The van der Waals surface area contributed by atoms with E-state index in [0.29, 0.717) is 17.3 Å². The molecule has 2 rings (SSSR count). The lowest BCUT2D eigenvalue weighted by atomic mass is 10.1. The van der Waals surface area contributed by atoms with E-state index in [1.54, 1.807) is 13.2 Å². The van der Waals surface area contributed by atoms with Crippen LogP contribution in [0.15, 0.2) is 30.3 Å². The summed E-state index contributed by atoms with van der Waals surface area (Å²) in [4.78, 5) is 0. The van der Waals surface area contributed by atoms with Crippen molar-refractivity contribution in [3.05, 3.63) is 30.3 Å². The van der Waals surface area contributed by atoms with Crippen LogP contribution in [0.3, 0.4) is 0 Å². The molecule has 0 aliphatic heterocycles. The SMILES string of the molecule is COc1cc(-c2ccc(N)nn2)ccc1OC(C)C. The molecular formula is C14H17N3O2. The minimum Gasteiger partial charge on any atom is -0.493 e. The summed E-state index contributed by atoms with van der Waals surface area (Å²) in [5.41, 5.74) is 7.16. The number of aromatic nitrogens is 2. The minimum atomic E-state index is 0.0936. The van der Waals surface area contributed by atoms with Crippen molar-refractivity contribution in [1.82, 2.24) is 10.2 Å². The molecule has 5 nitrogen and oxygen atoms in total. The molecule has 0 fully saturated rings. The first-order valence-corrected chi connectivity index (χ1v) is 6.04. The van der Waals surface area contributed by atoms with Crippen molar-refractivity contribution in [3.63, 3.8) is 0 Å². The molecule has 0 atom stereocenters. The third-order valence-electron chi connectivity index (χ3n) is 2.51. The molecule has 0 bridgehead atoms. The first kappa shape index (κ1) is 13.1. The quantitative estimate of drug-likeness (QED) is 0.913. The van der Waals surface area contributed by atoms with Gasteiger partial charge in [-0.2, -0.15) is 0 Å². The van der Waals surface area contributed by atoms with Gasteiger partial charge in [0.15, 0.2) is 11.5 Å². The predicted octanol–water partition coefficient (Wildman–Crippen LogP) is 2.52. The van der Waals surface area contributed by atoms with E-state index in [4.69, 9.17) is 15.2 Å². The van der Waals surface area contributed by atoms with Crippen LogP contribution in [0.2, 0.25) is 0 Å². The van der Waals surface area contributed by atoms with Crippen LogP contribution in [0, 0.1) is 0 Å². The summed E-state index contributed by atoms with van der Waals surface area (Å²) in [6, 6.07) is 9.19. The third-order valence-corrected chi connectivity index (χ3v) is 2.51. The average Bonchev–Trinajstić information content (AvgIpc) is 2.39. The average molecular weight is 259 g/mol. The molecule has 2 N–H and O–H groups in total. The van der Waals surface area contributed by atoms with E-state index >= 15 is 0 Å². The number of nitrogens with two attached hydrogens (primary N) is 1. The number of benzene rings is 1. The van der Waals surface area contributed by atoms with Crippen molar-refractivity contribution in [3.8, 4) is 22.8 Å². The summed E-state index contributed by atoms with van der Waals surface area (Å²) in [6.45, 7) is 3.94. The topological polar surface area (TPSA) is 70.3 Å². The molecule has 1 aromatic carbocycles. The Kier molecular flexibility index (Phi) is 3.85. The van der Waals surface area contributed by atoms with E-state index in [0.717, 1.165) is 11.3 Å². The van der Waals surface area contributed by atoms with E-state index in [9.17, 15) is 0 Å². The van der Waals surface area contributed by atoms with Gasteiger partial charge in [-0.15, -0.1) is 10.2 Å². The Balaban J connectivity index is 2.35. The number of nitrogen functional groups attached to an aromatic ring is 1. The van der Waals surface area contributed by atoms with Crippen LogP contribution in [-0.2, 0) is 0 Å². The fourth-order valence-electron chi connectivity index (χ4n) is 1.67. The maximum Gasteiger partial charge on any atom is 0.161 e. The maximum absolute atomic E-state index is 5.67. The molecule has 0 saturated heterocycles. The van der Waals surface area contributed by atoms with Gasteiger partial charge in [-0.3, -0.25) is 0 Å². The molecule has 0 aliphatic rings. The molecule has 0 amide bonds. The van der Waals surface area contributed by atoms with Gasteiger partial charge in [0, 0.05) is 5.56 Å². The summed E-state index contributed by atoms with van der Waals surface area (Å²) in [6.07, 6.45) is 0.0936. The highest BCUT2D eigenvalue weighted by Crippen LogP contribution is 2.32. The zero-order valence-electron chi connectivity index (χ0n) is 11.3. The van der Waals surface area contributed by atoms with Crippen LogP contribution in [0.25, 0.3) is 11.3 Å². The molecule has 0 unspecified atom stereocenters. The van der Waals surface area contributed by atoms with E-state index in [1.165, 1.54) is 0 Å². The Bertz CT molecular complexity index is 553. The molecule has 2 aromatic rings. The van der Waals surface area contributed by atoms with Gasteiger partial charge in [-0.05, 0) is 44.2 Å². The van der Waals surface area contributed by atoms with Crippen molar-refractivity contribution in [2.24, 2.45) is 0 Å². The molecule has 1 heterocycles. The summed E-state index contributed by atoms with van der Waals surface area (Å²) >= 11 is 0. The summed E-state index contributed by atoms with van der Waals surface area (Å²) in [5.74, 6) is 1.78. The van der Waals surface area contributed by atoms with Gasteiger partial charge in [0.1, 0.15) is 5.82 Å². The van der Waals surface area contributed by atoms with Crippen LogP contribution in [0.4, 0.5) is 5.82 Å².